The number of benzene rings is 1. The summed E-state index contributed by atoms with van der Waals surface area (Å²) in [4.78, 5) is 17.6. The Bertz CT molecular complexity index is 577. The fourth-order valence-corrected chi connectivity index (χ4v) is 4.88. The lowest BCUT2D eigenvalue weighted by Crippen LogP contribution is -2.55. The maximum atomic E-state index is 12.9. The van der Waals surface area contributed by atoms with E-state index in [9.17, 15) is 4.79 Å². The number of carbonyl (C=O) groups is 1. The Morgan fingerprint density at radius 1 is 1.24 bits per heavy atom. The number of methoxy groups -OCH3 is 1. The topological polar surface area (TPSA) is 32.8 Å². The number of amides is 1. The molecule has 1 amide bonds. The molecule has 2 saturated heterocycles. The monoisotopic (exact) mass is 344 g/mol. The highest BCUT2D eigenvalue weighted by Gasteiger charge is 2.52. The summed E-state index contributed by atoms with van der Waals surface area (Å²) in [5.41, 5.74) is 1.37. The van der Waals surface area contributed by atoms with Crippen LogP contribution in [-0.4, -0.2) is 60.6 Å². The van der Waals surface area contributed by atoms with Gasteiger partial charge < -0.3 is 9.64 Å². The fraction of sp³-hybridized carbons (Fsp3) is 0.667. The molecule has 25 heavy (non-hydrogen) atoms. The molecule has 0 unspecified atom stereocenters. The fourth-order valence-electron chi connectivity index (χ4n) is 4.88. The quantitative estimate of drug-likeness (QED) is 0.841. The minimum Gasteiger partial charge on any atom is -0.375 e. The Morgan fingerprint density at radius 3 is 2.72 bits per heavy atom. The van der Waals surface area contributed by atoms with Gasteiger partial charge in [-0.3, -0.25) is 9.69 Å². The number of hydrogen-bond donors (Lipinski definition) is 0. The zero-order chi connectivity index (χ0) is 17.9. The second kappa shape index (κ2) is 7.88. The van der Waals surface area contributed by atoms with Crippen molar-refractivity contribution >= 4 is 5.91 Å². The van der Waals surface area contributed by atoms with E-state index in [0.29, 0.717) is 0 Å². The van der Waals surface area contributed by atoms with Crippen LogP contribution in [0.1, 0.15) is 44.6 Å². The highest BCUT2D eigenvalue weighted by Crippen LogP contribution is 2.42. The average Bonchev–Trinajstić information content (AvgIpc) is 2.87. The van der Waals surface area contributed by atoms with Crippen LogP contribution in [0.4, 0.5) is 0 Å². The lowest BCUT2D eigenvalue weighted by atomic mass is 9.84. The van der Waals surface area contributed by atoms with E-state index in [1.54, 1.807) is 7.11 Å². The molecule has 138 valence electrons. The van der Waals surface area contributed by atoms with Gasteiger partial charge in [0.05, 0.1) is 6.04 Å². The first-order valence-electron chi connectivity index (χ1n) is 9.61. The molecule has 0 radical (unpaired) electrons. The molecule has 0 saturated carbocycles. The van der Waals surface area contributed by atoms with Gasteiger partial charge in [0.25, 0.3) is 0 Å². The number of likely N-dealkylation sites (N-methyl/N-ethyl adjacent to an activating group) is 1. The summed E-state index contributed by atoms with van der Waals surface area (Å²) in [6.07, 6.45) is 6.79. The molecule has 0 bridgehead atoms. The van der Waals surface area contributed by atoms with Crippen LogP contribution in [0, 0.1) is 0 Å². The normalized spacial score (nSPS) is 30.6. The summed E-state index contributed by atoms with van der Waals surface area (Å²) in [5.74, 6) is 0.145. The number of ether oxygens (including phenoxy) is 1. The van der Waals surface area contributed by atoms with Gasteiger partial charge in [0.2, 0.25) is 5.91 Å². The molecular weight excluding hydrogens is 312 g/mol. The minimum atomic E-state index is 0.0588. The first kappa shape index (κ1) is 18.4. The summed E-state index contributed by atoms with van der Waals surface area (Å²) in [6, 6.07) is 11.1. The number of hydrogen-bond acceptors (Lipinski definition) is 3. The van der Waals surface area contributed by atoms with Crippen LogP contribution in [0.25, 0.3) is 0 Å². The number of carbonyl (C=O) groups excluding carboxylic acids is 1. The summed E-state index contributed by atoms with van der Waals surface area (Å²) in [5, 5.41) is 0. The Balaban J connectivity index is 1.90. The van der Waals surface area contributed by atoms with E-state index < -0.39 is 0 Å². The van der Waals surface area contributed by atoms with Crippen molar-refractivity contribution in [3.05, 3.63) is 35.9 Å². The second-order valence-electron chi connectivity index (χ2n) is 7.93. The first-order chi connectivity index (χ1) is 12.1. The lowest BCUT2D eigenvalue weighted by molar-refractivity contribution is -0.139. The second-order valence-corrected chi connectivity index (χ2v) is 7.93. The molecule has 4 nitrogen and oxygen atoms in total. The van der Waals surface area contributed by atoms with Crippen molar-refractivity contribution in [1.29, 1.82) is 0 Å². The third-order valence-electron chi connectivity index (χ3n) is 6.31. The lowest BCUT2D eigenvalue weighted by Gasteiger charge is -2.43. The number of likely N-dealkylation sites (tertiary alicyclic amines) is 2. The van der Waals surface area contributed by atoms with Gasteiger partial charge in [-0.1, -0.05) is 43.2 Å². The van der Waals surface area contributed by atoms with Crippen molar-refractivity contribution in [3.8, 4) is 0 Å². The molecule has 4 heteroatoms. The maximum Gasteiger partial charge on any atom is 0.249 e. The van der Waals surface area contributed by atoms with Gasteiger partial charge in [-0.25, -0.2) is 0 Å². The predicted molar refractivity (Wildman–Crippen MR) is 101 cm³/mol. The van der Waals surface area contributed by atoms with Crippen LogP contribution >= 0.6 is 0 Å². The molecule has 3 rings (SSSR count). The Morgan fingerprint density at radius 2 is 2.00 bits per heavy atom. The van der Waals surface area contributed by atoms with E-state index in [4.69, 9.17) is 4.74 Å². The molecule has 3 atom stereocenters. The van der Waals surface area contributed by atoms with Crippen molar-refractivity contribution in [1.82, 2.24) is 9.80 Å². The van der Waals surface area contributed by atoms with Gasteiger partial charge in [-0.2, -0.15) is 0 Å². The largest absolute Gasteiger partial charge is 0.375 e. The van der Waals surface area contributed by atoms with Crippen LogP contribution in [0.15, 0.2) is 30.3 Å². The zero-order valence-corrected chi connectivity index (χ0v) is 15.9. The summed E-state index contributed by atoms with van der Waals surface area (Å²) < 4.78 is 5.21. The Labute approximate surface area is 152 Å². The van der Waals surface area contributed by atoms with Crippen LogP contribution in [0.3, 0.4) is 0 Å². The van der Waals surface area contributed by atoms with Gasteiger partial charge in [-0.15, -0.1) is 0 Å². The van der Waals surface area contributed by atoms with Gasteiger partial charge >= 0.3 is 0 Å². The van der Waals surface area contributed by atoms with E-state index in [-0.39, 0.29) is 30.1 Å². The molecule has 0 N–H and O–H groups in total. The molecule has 0 aromatic heterocycles. The molecule has 0 spiro atoms. The Kier molecular flexibility index (Phi) is 5.80. The zero-order valence-electron chi connectivity index (χ0n) is 15.9. The van der Waals surface area contributed by atoms with E-state index in [2.05, 4.69) is 54.1 Å². The molecule has 1 aromatic carbocycles. The van der Waals surface area contributed by atoms with E-state index in [1.807, 2.05) is 0 Å². The molecule has 2 aliphatic rings. The van der Waals surface area contributed by atoms with Crippen molar-refractivity contribution in [2.24, 2.45) is 0 Å². The summed E-state index contributed by atoms with van der Waals surface area (Å²) in [6.45, 7) is 3.67. The Hall–Kier alpha value is -1.39. The van der Waals surface area contributed by atoms with Crippen LogP contribution < -0.4 is 0 Å². The van der Waals surface area contributed by atoms with Gasteiger partial charge in [0.15, 0.2) is 0 Å². The molecule has 1 aromatic rings. The highest BCUT2D eigenvalue weighted by atomic mass is 16.5. The standard InChI is InChI=1S/C21H32N2O2/c1-21-15-18(14-17-10-6-4-7-11-17)23(20(24)16-25-3)19(21)12-8-5-9-13-22(21)2/h4,6-7,10-11,18-19H,5,8-9,12-16H2,1-3H3/t18-,19+,21+/m1/s1. The van der Waals surface area contributed by atoms with Gasteiger partial charge in [0.1, 0.15) is 6.61 Å². The van der Waals surface area contributed by atoms with Crippen molar-refractivity contribution in [2.75, 3.05) is 27.3 Å². The minimum absolute atomic E-state index is 0.0588. The molecular formula is C21H32N2O2. The molecule has 2 fully saturated rings. The van der Waals surface area contributed by atoms with Crippen molar-refractivity contribution in [2.45, 2.75) is 63.1 Å². The predicted octanol–water partition coefficient (Wildman–Crippen LogP) is 3.11. The summed E-state index contributed by atoms with van der Waals surface area (Å²) in [7, 11) is 3.85. The third-order valence-corrected chi connectivity index (χ3v) is 6.31. The van der Waals surface area contributed by atoms with Crippen LogP contribution in [0.2, 0.25) is 0 Å². The molecule has 0 aliphatic carbocycles. The van der Waals surface area contributed by atoms with Crippen LogP contribution in [0.5, 0.6) is 0 Å². The van der Waals surface area contributed by atoms with Crippen LogP contribution in [-0.2, 0) is 16.0 Å². The van der Waals surface area contributed by atoms with E-state index >= 15 is 0 Å². The molecule has 2 heterocycles. The smallest absolute Gasteiger partial charge is 0.249 e. The highest BCUT2D eigenvalue weighted by molar-refractivity contribution is 5.79. The summed E-state index contributed by atoms with van der Waals surface area (Å²) >= 11 is 0. The number of rotatable bonds is 4. The van der Waals surface area contributed by atoms with Crippen molar-refractivity contribution < 1.29 is 9.53 Å². The van der Waals surface area contributed by atoms with E-state index in [1.165, 1.54) is 24.8 Å². The van der Waals surface area contributed by atoms with Gasteiger partial charge in [-0.05, 0) is 51.8 Å². The molecule has 2 aliphatic heterocycles. The van der Waals surface area contributed by atoms with Gasteiger partial charge in [0, 0.05) is 18.7 Å². The third kappa shape index (κ3) is 3.75. The number of fused-ring (bicyclic) bond motifs is 1. The van der Waals surface area contributed by atoms with Crippen molar-refractivity contribution in [3.63, 3.8) is 0 Å². The van der Waals surface area contributed by atoms with E-state index in [0.717, 1.165) is 25.8 Å². The maximum absolute atomic E-state index is 12.9. The SMILES string of the molecule is COCC(=O)N1[C@H](Cc2ccccc2)C[C@@]2(C)[C@@H]1CCCCCN2C. The first-order valence-corrected chi connectivity index (χ1v) is 9.61. The average molecular weight is 344 g/mol. The number of nitrogens with zero attached hydrogens (tertiary/aromatic N) is 2.